The Morgan fingerprint density at radius 1 is 1.50 bits per heavy atom. The van der Waals surface area contributed by atoms with Gasteiger partial charge in [-0.05, 0) is 59.7 Å². The molecule has 6 nitrogen and oxygen atoms in total. The van der Waals surface area contributed by atoms with Crippen LogP contribution in [-0.2, 0) is 11.2 Å². The third-order valence-electron chi connectivity index (χ3n) is 3.22. The van der Waals surface area contributed by atoms with Crippen molar-refractivity contribution in [2.45, 2.75) is 25.4 Å². The largest absolute Gasteiger partial charge is 0.325 e. The van der Waals surface area contributed by atoms with Gasteiger partial charge in [-0.3, -0.25) is 9.59 Å². The first-order valence-electron chi connectivity index (χ1n) is 7.16. The van der Waals surface area contributed by atoms with Crippen LogP contribution in [0.15, 0.2) is 28.2 Å². The Morgan fingerprint density at radius 3 is 2.88 bits per heavy atom. The highest BCUT2D eigenvalue weighted by Gasteiger charge is 2.12. The number of nitrogens with one attached hydrogen (secondary N) is 2. The van der Waals surface area contributed by atoms with E-state index in [9.17, 15) is 9.59 Å². The summed E-state index contributed by atoms with van der Waals surface area (Å²) in [5.74, 6) is -0.0713. The number of nitriles is 1. The van der Waals surface area contributed by atoms with Gasteiger partial charge in [-0.2, -0.15) is 5.26 Å². The number of aromatic amines is 1. The number of aryl methyl sites for hydroxylation is 2. The first-order valence-corrected chi connectivity index (χ1v) is 9.23. The maximum Gasteiger partial charge on any atom is 0.269 e. The van der Waals surface area contributed by atoms with Gasteiger partial charge in [-0.1, -0.05) is 18.7 Å². The molecule has 24 heavy (non-hydrogen) atoms. The first kappa shape index (κ1) is 18.5. The fourth-order valence-electron chi connectivity index (χ4n) is 2.02. The van der Waals surface area contributed by atoms with Gasteiger partial charge in [0.2, 0.25) is 5.91 Å². The fraction of sp³-hybridized carbons (Fsp3) is 0.250. The molecule has 8 heteroatoms. The van der Waals surface area contributed by atoms with Gasteiger partial charge in [0.15, 0.2) is 5.16 Å². The molecule has 1 heterocycles. The summed E-state index contributed by atoms with van der Waals surface area (Å²) in [7, 11) is 0. The van der Waals surface area contributed by atoms with E-state index in [1.165, 1.54) is 0 Å². The summed E-state index contributed by atoms with van der Waals surface area (Å²) in [4.78, 5) is 30.7. The van der Waals surface area contributed by atoms with Crippen LogP contribution < -0.4 is 10.9 Å². The molecular formula is C16H15IN4O2S. The number of carbonyl (C=O) groups excluding carboxylic acids is 1. The predicted octanol–water partition coefficient (Wildman–Crippen LogP) is 2.85. The number of hydrogen-bond donors (Lipinski definition) is 2. The summed E-state index contributed by atoms with van der Waals surface area (Å²) in [6, 6.07) is 7.62. The molecule has 1 amide bonds. The molecule has 0 aliphatic heterocycles. The third kappa shape index (κ3) is 4.58. The molecule has 2 rings (SSSR count). The Kier molecular flexibility index (Phi) is 6.39. The Morgan fingerprint density at radius 2 is 2.25 bits per heavy atom. The molecule has 0 saturated carbocycles. The average Bonchev–Trinajstić information content (AvgIpc) is 2.55. The summed E-state index contributed by atoms with van der Waals surface area (Å²) in [6.45, 7) is 3.75. The molecule has 1 aromatic heterocycles. The van der Waals surface area contributed by atoms with Crippen molar-refractivity contribution in [3.05, 3.63) is 48.9 Å². The zero-order chi connectivity index (χ0) is 17.7. The van der Waals surface area contributed by atoms with Crippen LogP contribution in [0.2, 0.25) is 0 Å². The van der Waals surface area contributed by atoms with E-state index in [0.717, 1.165) is 26.6 Å². The smallest absolute Gasteiger partial charge is 0.269 e. The van der Waals surface area contributed by atoms with E-state index in [1.807, 2.05) is 38.1 Å². The second-order valence-electron chi connectivity index (χ2n) is 4.95. The quantitative estimate of drug-likeness (QED) is 0.412. The van der Waals surface area contributed by atoms with Gasteiger partial charge in [0.1, 0.15) is 11.6 Å². The first-order chi connectivity index (χ1) is 11.4. The molecule has 0 saturated heterocycles. The van der Waals surface area contributed by atoms with Gasteiger partial charge in [0.05, 0.1) is 11.4 Å². The number of H-pyrrole nitrogens is 1. The minimum Gasteiger partial charge on any atom is -0.325 e. The van der Waals surface area contributed by atoms with E-state index in [0.29, 0.717) is 17.3 Å². The van der Waals surface area contributed by atoms with Crippen molar-refractivity contribution in [1.29, 1.82) is 5.26 Å². The lowest BCUT2D eigenvalue weighted by Crippen LogP contribution is -2.18. The summed E-state index contributed by atoms with van der Waals surface area (Å²) >= 11 is 3.34. The zero-order valence-corrected chi connectivity index (χ0v) is 16.1. The number of aromatic nitrogens is 2. The van der Waals surface area contributed by atoms with Gasteiger partial charge < -0.3 is 10.3 Å². The number of halogens is 1. The van der Waals surface area contributed by atoms with E-state index >= 15 is 0 Å². The molecule has 0 spiro atoms. The summed E-state index contributed by atoms with van der Waals surface area (Å²) in [5.41, 5.74) is 1.74. The monoisotopic (exact) mass is 454 g/mol. The van der Waals surface area contributed by atoms with Gasteiger partial charge in [0.25, 0.3) is 5.56 Å². The molecule has 1 aromatic carbocycles. The normalized spacial score (nSPS) is 10.2. The fourth-order valence-corrected chi connectivity index (χ4v) is 3.35. The van der Waals surface area contributed by atoms with E-state index in [2.05, 4.69) is 37.9 Å². The SMILES string of the molecule is CCc1nc(SCC(=O)Nc2ccc(I)cc2C)[nH]c(=O)c1C#N. The van der Waals surface area contributed by atoms with Crippen LogP contribution in [0.5, 0.6) is 0 Å². The number of nitrogens with zero attached hydrogens (tertiary/aromatic N) is 2. The summed E-state index contributed by atoms with van der Waals surface area (Å²) in [6.07, 6.45) is 0.481. The highest BCUT2D eigenvalue weighted by atomic mass is 127. The molecule has 0 radical (unpaired) electrons. The minimum atomic E-state index is -0.472. The number of thioether (sulfide) groups is 1. The maximum absolute atomic E-state index is 12.1. The number of rotatable bonds is 5. The summed E-state index contributed by atoms with van der Waals surface area (Å²) in [5, 5.41) is 12.1. The lowest BCUT2D eigenvalue weighted by Gasteiger charge is -2.09. The number of anilines is 1. The third-order valence-corrected chi connectivity index (χ3v) is 4.77. The van der Waals surface area contributed by atoms with E-state index in [4.69, 9.17) is 5.26 Å². The molecule has 0 bridgehead atoms. The van der Waals surface area contributed by atoms with Gasteiger partial charge in [0, 0.05) is 9.26 Å². The molecule has 0 unspecified atom stereocenters. The number of amides is 1. The van der Waals surface area contributed by atoms with Crippen molar-refractivity contribution in [2.24, 2.45) is 0 Å². The van der Waals surface area contributed by atoms with Gasteiger partial charge >= 0.3 is 0 Å². The van der Waals surface area contributed by atoms with E-state index < -0.39 is 5.56 Å². The standard InChI is InChI=1S/C16H15IN4O2S/c1-3-12-11(7-18)15(23)21-16(20-12)24-8-14(22)19-13-5-4-10(17)6-9(13)2/h4-6H,3,8H2,1-2H3,(H,19,22)(H,20,21,23). The molecule has 2 aromatic rings. The lowest BCUT2D eigenvalue weighted by atomic mass is 10.2. The molecule has 0 fully saturated rings. The van der Waals surface area contributed by atoms with Crippen molar-refractivity contribution < 1.29 is 4.79 Å². The van der Waals surface area contributed by atoms with Crippen LogP contribution in [0.25, 0.3) is 0 Å². The Balaban J connectivity index is 2.05. The van der Waals surface area contributed by atoms with Crippen molar-refractivity contribution in [2.75, 3.05) is 11.1 Å². The van der Waals surface area contributed by atoms with Crippen molar-refractivity contribution in [3.8, 4) is 6.07 Å². The molecule has 0 aliphatic rings. The van der Waals surface area contributed by atoms with Crippen molar-refractivity contribution in [3.63, 3.8) is 0 Å². The predicted molar refractivity (Wildman–Crippen MR) is 102 cm³/mol. The topological polar surface area (TPSA) is 98.6 Å². The molecular weight excluding hydrogens is 439 g/mol. The molecule has 0 atom stereocenters. The Labute approximate surface area is 157 Å². The summed E-state index contributed by atoms with van der Waals surface area (Å²) < 4.78 is 1.10. The number of carbonyl (C=O) groups is 1. The maximum atomic E-state index is 12.1. The molecule has 2 N–H and O–H groups in total. The van der Waals surface area contributed by atoms with E-state index in [1.54, 1.807) is 0 Å². The van der Waals surface area contributed by atoms with Gasteiger partial charge in [-0.15, -0.1) is 0 Å². The minimum absolute atomic E-state index is 0.0285. The lowest BCUT2D eigenvalue weighted by molar-refractivity contribution is -0.113. The number of hydrogen-bond acceptors (Lipinski definition) is 5. The second kappa shape index (κ2) is 8.30. The van der Waals surface area contributed by atoms with Crippen LogP contribution in [0, 0.1) is 21.8 Å². The van der Waals surface area contributed by atoms with Crippen LogP contribution >= 0.6 is 34.4 Å². The van der Waals surface area contributed by atoms with Crippen molar-refractivity contribution in [1.82, 2.24) is 9.97 Å². The van der Waals surface area contributed by atoms with E-state index in [-0.39, 0.29) is 17.2 Å². The molecule has 0 aliphatic carbocycles. The van der Waals surface area contributed by atoms with Crippen LogP contribution in [0.4, 0.5) is 5.69 Å². The second-order valence-corrected chi connectivity index (χ2v) is 7.16. The van der Waals surface area contributed by atoms with Crippen LogP contribution in [-0.4, -0.2) is 21.6 Å². The number of benzene rings is 1. The van der Waals surface area contributed by atoms with Crippen LogP contribution in [0.1, 0.15) is 23.7 Å². The van der Waals surface area contributed by atoms with Crippen molar-refractivity contribution >= 4 is 45.9 Å². The highest BCUT2D eigenvalue weighted by molar-refractivity contribution is 14.1. The van der Waals surface area contributed by atoms with Crippen LogP contribution in [0.3, 0.4) is 0 Å². The molecule has 124 valence electrons. The Bertz CT molecular complexity index is 873. The highest BCUT2D eigenvalue weighted by Crippen LogP contribution is 2.19. The average molecular weight is 454 g/mol. The zero-order valence-electron chi connectivity index (χ0n) is 13.1. The van der Waals surface area contributed by atoms with Gasteiger partial charge in [-0.25, -0.2) is 4.98 Å². The Hall–Kier alpha value is -1.86.